The average molecular weight is 384 g/mol. The Morgan fingerprint density at radius 3 is 2.54 bits per heavy atom. The van der Waals surface area contributed by atoms with Crippen LogP contribution in [0.15, 0.2) is 54.6 Å². The van der Waals surface area contributed by atoms with Gasteiger partial charge in [-0.05, 0) is 18.2 Å². The van der Waals surface area contributed by atoms with Crippen LogP contribution in [0.4, 0.5) is 11.4 Å². The standard InChI is InChI=1S/C20H24N4O4/c25-20(16-28-19-8-4-7-18(15-19)24(26)27)21-9-10-22-11-13-23(14-12-22)17-5-2-1-3-6-17/h1-8,15H,9-14,16H2,(H,21,25). The molecule has 8 nitrogen and oxygen atoms in total. The average Bonchev–Trinajstić information content (AvgIpc) is 2.73. The zero-order valence-corrected chi connectivity index (χ0v) is 15.6. The highest BCUT2D eigenvalue weighted by molar-refractivity contribution is 5.77. The van der Waals surface area contributed by atoms with Gasteiger partial charge in [0, 0.05) is 51.0 Å². The molecule has 1 amide bonds. The van der Waals surface area contributed by atoms with Gasteiger partial charge in [-0.25, -0.2) is 0 Å². The van der Waals surface area contributed by atoms with E-state index in [1.165, 1.54) is 23.9 Å². The molecule has 3 rings (SSSR count). The quantitative estimate of drug-likeness (QED) is 0.553. The molecule has 0 saturated carbocycles. The van der Waals surface area contributed by atoms with Crippen LogP contribution < -0.4 is 15.0 Å². The third kappa shape index (κ3) is 5.68. The summed E-state index contributed by atoms with van der Waals surface area (Å²) in [5.41, 5.74) is 1.18. The maximum Gasteiger partial charge on any atom is 0.273 e. The summed E-state index contributed by atoms with van der Waals surface area (Å²) in [6.07, 6.45) is 0. The second-order valence-corrected chi connectivity index (χ2v) is 6.56. The zero-order chi connectivity index (χ0) is 19.8. The first kappa shape index (κ1) is 19.6. The maximum atomic E-state index is 11.9. The zero-order valence-electron chi connectivity index (χ0n) is 15.6. The Morgan fingerprint density at radius 1 is 1.07 bits per heavy atom. The lowest BCUT2D eigenvalue weighted by atomic mass is 10.2. The summed E-state index contributed by atoms with van der Waals surface area (Å²) < 4.78 is 5.33. The summed E-state index contributed by atoms with van der Waals surface area (Å²) in [7, 11) is 0. The van der Waals surface area contributed by atoms with E-state index in [0.29, 0.717) is 12.3 Å². The second-order valence-electron chi connectivity index (χ2n) is 6.56. The van der Waals surface area contributed by atoms with Crippen molar-refractivity contribution in [2.24, 2.45) is 0 Å². The van der Waals surface area contributed by atoms with E-state index < -0.39 is 4.92 Å². The summed E-state index contributed by atoms with van der Waals surface area (Å²) in [6.45, 7) is 5.00. The Morgan fingerprint density at radius 2 is 1.82 bits per heavy atom. The number of anilines is 1. The Bertz CT molecular complexity index is 792. The van der Waals surface area contributed by atoms with Gasteiger partial charge in [0.25, 0.3) is 11.6 Å². The van der Waals surface area contributed by atoms with Gasteiger partial charge in [0.1, 0.15) is 5.75 Å². The first-order chi connectivity index (χ1) is 13.6. The molecule has 0 spiro atoms. The van der Waals surface area contributed by atoms with Crippen molar-refractivity contribution in [1.82, 2.24) is 10.2 Å². The number of nitro benzene ring substituents is 1. The number of para-hydroxylation sites is 1. The Balaban J connectivity index is 1.33. The van der Waals surface area contributed by atoms with Gasteiger partial charge in [0.05, 0.1) is 11.0 Å². The van der Waals surface area contributed by atoms with Crippen LogP contribution in [-0.2, 0) is 4.79 Å². The van der Waals surface area contributed by atoms with E-state index in [1.54, 1.807) is 6.07 Å². The minimum atomic E-state index is -0.496. The van der Waals surface area contributed by atoms with Crippen LogP contribution in [0.3, 0.4) is 0 Å². The molecule has 1 fully saturated rings. The maximum absolute atomic E-state index is 11.9. The molecule has 0 aromatic heterocycles. The number of amides is 1. The third-order valence-electron chi connectivity index (χ3n) is 4.64. The number of hydrogen-bond acceptors (Lipinski definition) is 6. The smallest absolute Gasteiger partial charge is 0.273 e. The van der Waals surface area contributed by atoms with Crippen LogP contribution in [0.2, 0.25) is 0 Å². The normalized spacial score (nSPS) is 14.5. The molecular weight excluding hydrogens is 360 g/mol. The molecule has 0 radical (unpaired) electrons. The topological polar surface area (TPSA) is 87.9 Å². The molecule has 148 valence electrons. The highest BCUT2D eigenvalue weighted by Gasteiger charge is 2.17. The number of non-ortho nitro benzene ring substituents is 1. The molecule has 2 aromatic carbocycles. The highest BCUT2D eigenvalue weighted by Crippen LogP contribution is 2.19. The number of rotatable bonds is 8. The Labute approximate surface area is 163 Å². The number of piperazine rings is 1. The molecule has 1 saturated heterocycles. The lowest BCUT2D eigenvalue weighted by Crippen LogP contribution is -2.48. The lowest BCUT2D eigenvalue weighted by molar-refractivity contribution is -0.384. The fourth-order valence-corrected chi connectivity index (χ4v) is 3.11. The predicted molar refractivity (Wildman–Crippen MR) is 107 cm³/mol. The van der Waals surface area contributed by atoms with Gasteiger partial charge in [-0.3, -0.25) is 19.8 Å². The summed E-state index contributed by atoms with van der Waals surface area (Å²) in [5, 5.41) is 13.6. The Kier molecular flexibility index (Phi) is 6.80. The molecule has 1 heterocycles. The minimum absolute atomic E-state index is 0.0625. The fourth-order valence-electron chi connectivity index (χ4n) is 3.11. The number of carbonyl (C=O) groups is 1. The van der Waals surface area contributed by atoms with Gasteiger partial charge in [0.15, 0.2) is 6.61 Å². The summed E-state index contributed by atoms with van der Waals surface area (Å²) >= 11 is 0. The van der Waals surface area contributed by atoms with Crippen LogP contribution in [0.5, 0.6) is 5.75 Å². The number of benzene rings is 2. The van der Waals surface area contributed by atoms with E-state index in [-0.39, 0.29) is 18.2 Å². The number of carbonyl (C=O) groups excluding carboxylic acids is 1. The van der Waals surface area contributed by atoms with Crippen LogP contribution in [-0.4, -0.2) is 61.6 Å². The monoisotopic (exact) mass is 384 g/mol. The fraction of sp³-hybridized carbons (Fsp3) is 0.350. The third-order valence-corrected chi connectivity index (χ3v) is 4.64. The van der Waals surface area contributed by atoms with Crippen molar-refractivity contribution in [2.75, 3.05) is 50.8 Å². The summed E-state index contributed by atoms with van der Waals surface area (Å²) in [4.78, 5) is 26.9. The molecule has 0 unspecified atom stereocenters. The van der Waals surface area contributed by atoms with Crippen LogP contribution in [0.25, 0.3) is 0 Å². The van der Waals surface area contributed by atoms with Crippen molar-refractivity contribution in [1.29, 1.82) is 0 Å². The SMILES string of the molecule is O=C(COc1cccc([N+](=O)[O-])c1)NCCN1CCN(c2ccccc2)CC1. The number of hydrogen-bond donors (Lipinski definition) is 1. The summed E-state index contributed by atoms with van der Waals surface area (Å²) in [6, 6.07) is 16.2. The van der Waals surface area contributed by atoms with Crippen LogP contribution in [0.1, 0.15) is 0 Å². The van der Waals surface area contributed by atoms with Gasteiger partial charge in [-0.15, -0.1) is 0 Å². The van der Waals surface area contributed by atoms with Crippen molar-refractivity contribution in [3.05, 3.63) is 64.7 Å². The molecule has 0 aliphatic carbocycles. The van der Waals surface area contributed by atoms with E-state index in [4.69, 9.17) is 4.74 Å². The summed E-state index contributed by atoms with van der Waals surface area (Å²) in [5.74, 6) is 0.0656. The van der Waals surface area contributed by atoms with E-state index in [0.717, 1.165) is 32.7 Å². The second kappa shape index (κ2) is 9.70. The van der Waals surface area contributed by atoms with E-state index in [9.17, 15) is 14.9 Å². The lowest BCUT2D eigenvalue weighted by Gasteiger charge is -2.36. The Hall–Kier alpha value is -3.13. The van der Waals surface area contributed by atoms with E-state index in [1.807, 2.05) is 18.2 Å². The number of ether oxygens (including phenoxy) is 1. The van der Waals surface area contributed by atoms with E-state index >= 15 is 0 Å². The van der Waals surface area contributed by atoms with Crippen molar-refractivity contribution < 1.29 is 14.5 Å². The van der Waals surface area contributed by atoms with Gasteiger partial charge in [-0.2, -0.15) is 0 Å². The molecule has 2 aromatic rings. The van der Waals surface area contributed by atoms with Crippen molar-refractivity contribution in [2.45, 2.75) is 0 Å². The number of nitrogens with one attached hydrogen (secondary N) is 1. The van der Waals surface area contributed by atoms with Gasteiger partial charge < -0.3 is 15.0 Å². The molecule has 1 aliphatic heterocycles. The van der Waals surface area contributed by atoms with Crippen molar-refractivity contribution >= 4 is 17.3 Å². The molecule has 1 N–H and O–H groups in total. The number of nitro groups is 1. The molecular formula is C20H24N4O4. The van der Waals surface area contributed by atoms with Gasteiger partial charge >= 0.3 is 0 Å². The largest absolute Gasteiger partial charge is 0.484 e. The van der Waals surface area contributed by atoms with Gasteiger partial charge in [0.2, 0.25) is 0 Å². The molecule has 28 heavy (non-hydrogen) atoms. The van der Waals surface area contributed by atoms with E-state index in [2.05, 4.69) is 27.2 Å². The van der Waals surface area contributed by atoms with Crippen LogP contribution >= 0.6 is 0 Å². The molecule has 0 atom stereocenters. The van der Waals surface area contributed by atoms with Crippen molar-refractivity contribution in [3.8, 4) is 5.75 Å². The first-order valence-electron chi connectivity index (χ1n) is 9.28. The van der Waals surface area contributed by atoms with Crippen molar-refractivity contribution in [3.63, 3.8) is 0 Å². The molecule has 0 bridgehead atoms. The minimum Gasteiger partial charge on any atom is -0.484 e. The predicted octanol–water partition coefficient (Wildman–Crippen LogP) is 1.91. The number of nitrogens with zero attached hydrogens (tertiary/aromatic N) is 3. The van der Waals surface area contributed by atoms with Crippen LogP contribution in [0, 0.1) is 10.1 Å². The molecule has 8 heteroatoms. The first-order valence-corrected chi connectivity index (χ1v) is 9.28. The van der Waals surface area contributed by atoms with Gasteiger partial charge in [-0.1, -0.05) is 24.3 Å². The molecule has 1 aliphatic rings. The highest BCUT2D eigenvalue weighted by atomic mass is 16.6.